The molecule has 0 N–H and O–H groups in total. The molecule has 0 radical (unpaired) electrons. The summed E-state index contributed by atoms with van der Waals surface area (Å²) in [7, 11) is 1.95. The zero-order valence-corrected chi connectivity index (χ0v) is 15.9. The van der Waals surface area contributed by atoms with Gasteiger partial charge in [-0.2, -0.15) is 10.2 Å². The van der Waals surface area contributed by atoms with Crippen LogP contribution in [-0.2, 0) is 20.1 Å². The van der Waals surface area contributed by atoms with E-state index in [1.54, 1.807) is 0 Å². The molecule has 2 aromatic heterocycles. The number of nitrogens with zero attached hydrogens (tertiary/aromatic N) is 6. The number of amides is 1. The zero-order valence-electron chi connectivity index (χ0n) is 15.9. The van der Waals surface area contributed by atoms with Gasteiger partial charge in [0.05, 0.1) is 17.0 Å². The summed E-state index contributed by atoms with van der Waals surface area (Å²) in [5.41, 5.74) is 4.92. The van der Waals surface area contributed by atoms with Gasteiger partial charge in [0.15, 0.2) is 0 Å². The average Bonchev–Trinajstić information content (AvgIpc) is 3.05. The van der Waals surface area contributed by atoms with Crippen molar-refractivity contribution in [2.45, 2.75) is 40.8 Å². The van der Waals surface area contributed by atoms with E-state index in [1.165, 1.54) is 5.56 Å². The molecule has 1 saturated heterocycles. The summed E-state index contributed by atoms with van der Waals surface area (Å²) < 4.78 is 3.77. The largest absolute Gasteiger partial charge is 0.336 e. The van der Waals surface area contributed by atoms with Gasteiger partial charge in [0.1, 0.15) is 0 Å². The van der Waals surface area contributed by atoms with Gasteiger partial charge in [-0.15, -0.1) is 0 Å². The van der Waals surface area contributed by atoms with Gasteiger partial charge in [-0.3, -0.25) is 19.1 Å². The van der Waals surface area contributed by atoms with Crippen molar-refractivity contribution in [2.75, 3.05) is 26.2 Å². The molecule has 0 aromatic carbocycles. The maximum Gasteiger partial charge on any atom is 0.257 e. The van der Waals surface area contributed by atoms with Crippen LogP contribution < -0.4 is 0 Å². The maximum absolute atomic E-state index is 12.9. The molecule has 7 nitrogen and oxygen atoms in total. The van der Waals surface area contributed by atoms with Gasteiger partial charge in [-0.25, -0.2) is 0 Å². The SMILES string of the molecule is CCn1nc(C)c(C(=O)N2CCN(Cc3cn(C)nc3C)CC2)c1C. The lowest BCUT2D eigenvalue weighted by Crippen LogP contribution is -2.48. The van der Waals surface area contributed by atoms with Crippen LogP contribution in [0.25, 0.3) is 0 Å². The highest BCUT2D eigenvalue weighted by Crippen LogP contribution is 2.18. The first-order chi connectivity index (χ1) is 11.9. The second-order valence-electron chi connectivity index (χ2n) is 6.84. The monoisotopic (exact) mass is 344 g/mol. The van der Waals surface area contributed by atoms with Crippen molar-refractivity contribution in [3.05, 3.63) is 34.4 Å². The molecule has 1 aliphatic heterocycles. The lowest BCUT2D eigenvalue weighted by molar-refractivity contribution is 0.0626. The number of rotatable bonds is 4. The molecule has 0 spiro atoms. The minimum Gasteiger partial charge on any atom is -0.336 e. The predicted molar refractivity (Wildman–Crippen MR) is 96.5 cm³/mol. The summed E-state index contributed by atoms with van der Waals surface area (Å²) in [4.78, 5) is 17.3. The van der Waals surface area contributed by atoms with Crippen LogP contribution in [0.3, 0.4) is 0 Å². The van der Waals surface area contributed by atoms with Crippen molar-refractivity contribution in [3.63, 3.8) is 0 Å². The van der Waals surface area contributed by atoms with Gasteiger partial charge in [0.25, 0.3) is 5.91 Å². The van der Waals surface area contributed by atoms with Crippen molar-refractivity contribution >= 4 is 5.91 Å². The van der Waals surface area contributed by atoms with E-state index in [9.17, 15) is 4.79 Å². The summed E-state index contributed by atoms with van der Waals surface area (Å²) in [6.07, 6.45) is 2.08. The highest BCUT2D eigenvalue weighted by Gasteiger charge is 2.27. The average molecular weight is 344 g/mol. The first-order valence-corrected chi connectivity index (χ1v) is 8.95. The fraction of sp³-hybridized carbons (Fsp3) is 0.611. The van der Waals surface area contributed by atoms with E-state index in [0.29, 0.717) is 0 Å². The van der Waals surface area contributed by atoms with Crippen LogP contribution in [0.1, 0.15) is 39.9 Å². The van der Waals surface area contributed by atoms with Gasteiger partial charge in [0.2, 0.25) is 0 Å². The molecule has 0 saturated carbocycles. The Kier molecular flexibility index (Phi) is 4.94. The molecule has 1 aliphatic rings. The van der Waals surface area contributed by atoms with Gasteiger partial charge in [0, 0.05) is 63.8 Å². The second-order valence-corrected chi connectivity index (χ2v) is 6.84. The minimum absolute atomic E-state index is 0.118. The van der Waals surface area contributed by atoms with Crippen molar-refractivity contribution < 1.29 is 4.79 Å². The van der Waals surface area contributed by atoms with Crippen LogP contribution in [0.15, 0.2) is 6.20 Å². The molecule has 1 fully saturated rings. The molecule has 3 heterocycles. The zero-order chi connectivity index (χ0) is 18.1. The van der Waals surface area contributed by atoms with Gasteiger partial charge in [-0.05, 0) is 27.7 Å². The molecule has 0 aliphatic carbocycles. The molecule has 0 atom stereocenters. The van der Waals surface area contributed by atoms with E-state index in [-0.39, 0.29) is 5.91 Å². The van der Waals surface area contributed by atoms with E-state index >= 15 is 0 Å². The van der Waals surface area contributed by atoms with Crippen molar-refractivity contribution in [3.8, 4) is 0 Å². The standard InChI is InChI=1S/C18H28N6O/c1-6-24-15(4)17(14(3)20-24)18(25)23-9-7-22(8-10-23)12-16-11-21(5)19-13(16)2/h11H,6-10,12H2,1-5H3. The molecule has 0 unspecified atom stereocenters. The van der Waals surface area contributed by atoms with Crippen LogP contribution in [0.5, 0.6) is 0 Å². The second kappa shape index (κ2) is 7.00. The summed E-state index contributed by atoms with van der Waals surface area (Å²) in [5.74, 6) is 0.118. The summed E-state index contributed by atoms with van der Waals surface area (Å²) >= 11 is 0. The van der Waals surface area contributed by atoms with Crippen LogP contribution in [0, 0.1) is 20.8 Å². The van der Waals surface area contributed by atoms with Gasteiger partial charge >= 0.3 is 0 Å². The van der Waals surface area contributed by atoms with Crippen LogP contribution in [-0.4, -0.2) is 61.4 Å². The van der Waals surface area contributed by atoms with E-state index in [0.717, 1.165) is 61.9 Å². The molecular formula is C18H28N6O. The highest BCUT2D eigenvalue weighted by molar-refractivity contribution is 5.96. The van der Waals surface area contributed by atoms with E-state index < -0.39 is 0 Å². The van der Waals surface area contributed by atoms with Crippen LogP contribution in [0.4, 0.5) is 0 Å². The van der Waals surface area contributed by atoms with E-state index in [2.05, 4.69) is 21.3 Å². The number of piperazine rings is 1. The molecule has 1 amide bonds. The molecule has 2 aromatic rings. The third-order valence-corrected chi connectivity index (χ3v) is 5.06. The number of hydrogen-bond acceptors (Lipinski definition) is 4. The van der Waals surface area contributed by atoms with Crippen LogP contribution in [0.2, 0.25) is 0 Å². The number of aromatic nitrogens is 4. The Balaban J connectivity index is 1.63. The van der Waals surface area contributed by atoms with Crippen molar-refractivity contribution in [1.29, 1.82) is 0 Å². The highest BCUT2D eigenvalue weighted by atomic mass is 16.2. The Hall–Kier alpha value is -2.15. The maximum atomic E-state index is 12.9. The number of hydrogen-bond donors (Lipinski definition) is 0. The first kappa shape index (κ1) is 17.7. The van der Waals surface area contributed by atoms with E-state index in [1.807, 2.05) is 49.0 Å². The lowest BCUT2D eigenvalue weighted by Gasteiger charge is -2.34. The Bertz CT molecular complexity index is 767. The fourth-order valence-corrected chi connectivity index (χ4v) is 3.63. The Morgan fingerprint density at radius 1 is 1.08 bits per heavy atom. The summed E-state index contributed by atoms with van der Waals surface area (Å²) in [6.45, 7) is 13.0. The number of carbonyl (C=O) groups excluding carboxylic acids is 1. The molecular weight excluding hydrogens is 316 g/mol. The Morgan fingerprint density at radius 2 is 1.76 bits per heavy atom. The normalized spacial score (nSPS) is 15.8. The quantitative estimate of drug-likeness (QED) is 0.844. The Labute approximate surface area is 149 Å². The topological polar surface area (TPSA) is 59.2 Å². The molecule has 136 valence electrons. The smallest absolute Gasteiger partial charge is 0.257 e. The molecule has 25 heavy (non-hydrogen) atoms. The molecule has 7 heteroatoms. The predicted octanol–water partition coefficient (Wildman–Crippen LogP) is 1.52. The van der Waals surface area contributed by atoms with Crippen molar-refractivity contribution in [2.24, 2.45) is 7.05 Å². The first-order valence-electron chi connectivity index (χ1n) is 8.95. The lowest BCUT2D eigenvalue weighted by atomic mass is 10.1. The fourth-order valence-electron chi connectivity index (χ4n) is 3.63. The van der Waals surface area contributed by atoms with Crippen molar-refractivity contribution in [1.82, 2.24) is 29.4 Å². The third kappa shape index (κ3) is 3.46. The van der Waals surface area contributed by atoms with Gasteiger partial charge < -0.3 is 4.90 Å². The van der Waals surface area contributed by atoms with Gasteiger partial charge in [-0.1, -0.05) is 0 Å². The number of aryl methyl sites for hydroxylation is 4. The molecule has 0 bridgehead atoms. The van der Waals surface area contributed by atoms with E-state index in [4.69, 9.17) is 0 Å². The van der Waals surface area contributed by atoms with Crippen LogP contribution >= 0.6 is 0 Å². The third-order valence-electron chi connectivity index (χ3n) is 5.06. The number of carbonyl (C=O) groups is 1. The molecule has 3 rings (SSSR count). The summed E-state index contributed by atoms with van der Waals surface area (Å²) in [5, 5.41) is 8.88. The Morgan fingerprint density at radius 3 is 2.28 bits per heavy atom. The minimum atomic E-state index is 0.118. The summed E-state index contributed by atoms with van der Waals surface area (Å²) in [6, 6.07) is 0.